The lowest BCUT2D eigenvalue weighted by atomic mass is 10.2. The zero-order valence-corrected chi connectivity index (χ0v) is 8.71. The summed E-state index contributed by atoms with van der Waals surface area (Å²) in [5, 5.41) is 9.08. The number of aliphatic hydroxyl groups excluding tert-OH is 1. The molecule has 2 atom stereocenters. The molecule has 2 rings (SSSR count). The maximum Gasteiger partial charge on any atom is 0.225 e. The molecule has 1 aromatic rings. The summed E-state index contributed by atoms with van der Waals surface area (Å²) in [6, 6.07) is 1.79. The van der Waals surface area contributed by atoms with Crippen molar-refractivity contribution in [2.24, 2.45) is 0 Å². The predicted octanol–water partition coefficient (Wildman–Crippen LogP) is 0.0626. The van der Waals surface area contributed by atoms with Gasteiger partial charge in [-0.15, -0.1) is 0 Å². The van der Waals surface area contributed by atoms with E-state index in [0.717, 1.165) is 6.54 Å². The Hall–Kier alpha value is -1.20. The fraction of sp³-hybridized carbons (Fsp3) is 0.600. The van der Waals surface area contributed by atoms with E-state index in [9.17, 15) is 0 Å². The number of nitrogens with zero attached hydrogens (tertiary/aromatic N) is 3. The first kappa shape index (κ1) is 10.3. The Kier molecular flexibility index (Phi) is 3.13. The fourth-order valence-electron chi connectivity index (χ4n) is 1.76. The van der Waals surface area contributed by atoms with E-state index in [0.29, 0.717) is 12.5 Å². The van der Waals surface area contributed by atoms with Crippen molar-refractivity contribution in [2.45, 2.75) is 19.1 Å². The molecule has 0 spiro atoms. The molecule has 1 N–H and O–H groups in total. The van der Waals surface area contributed by atoms with Gasteiger partial charge in [-0.3, -0.25) is 0 Å². The number of rotatable bonds is 2. The molecule has 0 aromatic carbocycles. The van der Waals surface area contributed by atoms with E-state index in [1.807, 2.05) is 11.8 Å². The Morgan fingerprint density at radius 1 is 1.47 bits per heavy atom. The number of aromatic nitrogens is 2. The molecule has 82 valence electrons. The number of ether oxygens (including phenoxy) is 1. The van der Waals surface area contributed by atoms with Crippen molar-refractivity contribution in [1.29, 1.82) is 0 Å². The Morgan fingerprint density at radius 2 is 2.20 bits per heavy atom. The lowest BCUT2D eigenvalue weighted by Crippen LogP contribution is -2.48. The van der Waals surface area contributed by atoms with Crippen molar-refractivity contribution in [2.75, 3.05) is 24.6 Å². The molecule has 1 aromatic heterocycles. The summed E-state index contributed by atoms with van der Waals surface area (Å²) in [6.45, 7) is 3.43. The van der Waals surface area contributed by atoms with E-state index in [1.165, 1.54) is 0 Å². The molecule has 15 heavy (non-hydrogen) atoms. The fourth-order valence-corrected chi connectivity index (χ4v) is 1.76. The second kappa shape index (κ2) is 4.55. The van der Waals surface area contributed by atoms with E-state index in [-0.39, 0.29) is 18.8 Å². The molecule has 0 amide bonds. The monoisotopic (exact) mass is 209 g/mol. The van der Waals surface area contributed by atoms with Gasteiger partial charge in [0, 0.05) is 25.5 Å². The van der Waals surface area contributed by atoms with Crippen LogP contribution in [0.1, 0.15) is 6.92 Å². The topological polar surface area (TPSA) is 58.5 Å². The third-order valence-electron chi connectivity index (χ3n) is 2.36. The molecule has 0 aliphatic carbocycles. The van der Waals surface area contributed by atoms with Crippen LogP contribution in [0.2, 0.25) is 0 Å². The molecule has 2 unspecified atom stereocenters. The van der Waals surface area contributed by atoms with E-state index in [4.69, 9.17) is 9.84 Å². The van der Waals surface area contributed by atoms with Crippen molar-refractivity contribution < 1.29 is 9.84 Å². The zero-order chi connectivity index (χ0) is 10.7. The molecular formula is C10H15N3O2. The third-order valence-corrected chi connectivity index (χ3v) is 2.36. The van der Waals surface area contributed by atoms with Gasteiger partial charge in [0.2, 0.25) is 5.95 Å². The second-order valence-corrected chi connectivity index (χ2v) is 3.71. The molecule has 1 fully saturated rings. The summed E-state index contributed by atoms with van der Waals surface area (Å²) in [5.74, 6) is 0.700. The first-order chi connectivity index (χ1) is 7.29. The highest BCUT2D eigenvalue weighted by molar-refractivity contribution is 5.29. The SMILES string of the molecule is CC1CN(c2ncccn2)CC(CO)O1. The van der Waals surface area contributed by atoms with Gasteiger partial charge in [-0.05, 0) is 13.0 Å². The minimum Gasteiger partial charge on any atom is -0.394 e. The highest BCUT2D eigenvalue weighted by Gasteiger charge is 2.25. The third kappa shape index (κ3) is 2.43. The molecule has 1 saturated heterocycles. The average Bonchev–Trinajstić information content (AvgIpc) is 2.29. The maximum absolute atomic E-state index is 9.08. The van der Waals surface area contributed by atoms with Crippen LogP contribution in [0.4, 0.5) is 5.95 Å². The Balaban J connectivity index is 2.09. The summed E-state index contributed by atoms with van der Waals surface area (Å²) in [6.07, 6.45) is 3.39. The van der Waals surface area contributed by atoms with Crippen molar-refractivity contribution in [3.63, 3.8) is 0 Å². The second-order valence-electron chi connectivity index (χ2n) is 3.71. The first-order valence-electron chi connectivity index (χ1n) is 5.08. The number of hydrogen-bond donors (Lipinski definition) is 1. The summed E-state index contributed by atoms with van der Waals surface area (Å²) in [7, 11) is 0. The van der Waals surface area contributed by atoms with Crippen LogP contribution in [0.15, 0.2) is 18.5 Å². The van der Waals surface area contributed by atoms with Crippen molar-refractivity contribution in [3.05, 3.63) is 18.5 Å². The lowest BCUT2D eigenvalue weighted by Gasteiger charge is -2.35. The van der Waals surface area contributed by atoms with Crippen LogP contribution >= 0.6 is 0 Å². The van der Waals surface area contributed by atoms with Crippen LogP contribution in [-0.4, -0.2) is 47.0 Å². The Labute approximate surface area is 88.7 Å². The average molecular weight is 209 g/mol. The molecule has 2 heterocycles. The predicted molar refractivity (Wildman–Crippen MR) is 55.7 cm³/mol. The number of morpholine rings is 1. The van der Waals surface area contributed by atoms with Gasteiger partial charge in [-0.1, -0.05) is 0 Å². The van der Waals surface area contributed by atoms with E-state index < -0.39 is 0 Å². The summed E-state index contributed by atoms with van der Waals surface area (Å²) < 4.78 is 5.54. The van der Waals surface area contributed by atoms with Crippen LogP contribution in [0.3, 0.4) is 0 Å². The molecule has 0 radical (unpaired) electrons. The van der Waals surface area contributed by atoms with Crippen LogP contribution in [0.5, 0.6) is 0 Å². The summed E-state index contributed by atoms with van der Waals surface area (Å²) in [5.41, 5.74) is 0. The number of hydrogen-bond acceptors (Lipinski definition) is 5. The quantitative estimate of drug-likeness (QED) is 0.746. The van der Waals surface area contributed by atoms with Crippen molar-refractivity contribution >= 4 is 5.95 Å². The van der Waals surface area contributed by atoms with Crippen LogP contribution in [0, 0.1) is 0 Å². The number of aliphatic hydroxyl groups is 1. The first-order valence-corrected chi connectivity index (χ1v) is 5.08. The van der Waals surface area contributed by atoms with E-state index >= 15 is 0 Å². The van der Waals surface area contributed by atoms with Gasteiger partial charge < -0.3 is 14.7 Å². The van der Waals surface area contributed by atoms with Crippen LogP contribution in [-0.2, 0) is 4.74 Å². The number of anilines is 1. The molecule has 1 aliphatic heterocycles. The molecular weight excluding hydrogens is 194 g/mol. The normalized spacial score (nSPS) is 26.7. The standard InChI is InChI=1S/C10H15N3O2/c1-8-5-13(6-9(7-14)15-8)10-11-3-2-4-12-10/h2-4,8-9,14H,5-7H2,1H3. The van der Waals surface area contributed by atoms with Gasteiger partial charge in [0.05, 0.1) is 18.8 Å². The van der Waals surface area contributed by atoms with Crippen molar-refractivity contribution in [1.82, 2.24) is 9.97 Å². The van der Waals surface area contributed by atoms with Gasteiger partial charge >= 0.3 is 0 Å². The van der Waals surface area contributed by atoms with E-state index in [2.05, 4.69) is 9.97 Å². The zero-order valence-electron chi connectivity index (χ0n) is 8.71. The smallest absolute Gasteiger partial charge is 0.225 e. The highest BCUT2D eigenvalue weighted by Crippen LogP contribution is 2.15. The molecule has 1 aliphatic rings. The summed E-state index contributed by atoms with van der Waals surface area (Å²) >= 11 is 0. The summed E-state index contributed by atoms with van der Waals surface area (Å²) in [4.78, 5) is 10.4. The van der Waals surface area contributed by atoms with Crippen LogP contribution < -0.4 is 4.90 Å². The lowest BCUT2D eigenvalue weighted by molar-refractivity contribution is -0.0425. The Bertz CT molecular complexity index is 307. The van der Waals surface area contributed by atoms with Gasteiger partial charge in [0.25, 0.3) is 0 Å². The Morgan fingerprint density at radius 3 is 2.87 bits per heavy atom. The van der Waals surface area contributed by atoms with Gasteiger partial charge in [0.1, 0.15) is 0 Å². The molecule has 5 nitrogen and oxygen atoms in total. The minimum atomic E-state index is -0.141. The minimum absolute atomic E-state index is 0.0354. The maximum atomic E-state index is 9.08. The molecule has 0 saturated carbocycles. The molecule has 5 heteroatoms. The van der Waals surface area contributed by atoms with E-state index in [1.54, 1.807) is 18.5 Å². The van der Waals surface area contributed by atoms with Gasteiger partial charge in [-0.25, -0.2) is 9.97 Å². The van der Waals surface area contributed by atoms with Gasteiger partial charge in [-0.2, -0.15) is 0 Å². The van der Waals surface area contributed by atoms with Gasteiger partial charge in [0.15, 0.2) is 0 Å². The van der Waals surface area contributed by atoms with Crippen molar-refractivity contribution in [3.8, 4) is 0 Å². The largest absolute Gasteiger partial charge is 0.394 e. The molecule has 0 bridgehead atoms. The van der Waals surface area contributed by atoms with Crippen LogP contribution in [0.25, 0.3) is 0 Å². The highest BCUT2D eigenvalue weighted by atomic mass is 16.5.